The lowest BCUT2D eigenvalue weighted by molar-refractivity contribution is -0.147. The van der Waals surface area contributed by atoms with Gasteiger partial charge in [0.25, 0.3) is 0 Å². The first-order valence-electron chi connectivity index (χ1n) is 13.2. The molecule has 1 rings (SSSR count). The predicted molar refractivity (Wildman–Crippen MR) is 146 cm³/mol. The van der Waals surface area contributed by atoms with Crippen LogP contribution in [0.2, 0.25) is 0 Å². The average molecular weight is 552 g/mol. The van der Waals surface area contributed by atoms with Crippen molar-refractivity contribution >= 4 is 24.1 Å². The molecule has 1 aromatic carbocycles. The fraction of sp³-hybridized carbons (Fsp3) is 0.655. The molecule has 0 fully saturated rings. The molecule has 0 heterocycles. The standard InChI is InChI=1S/C29H45NO9/c1-11-28(7,8)24(33)37-21-14-13-19(16-22(21)38-25(34)29(9,10)12-2)15-20(23(31)32)30-17-18(3)36-26(35)39-27(4,5)6/h13-14,16,18,20,30H,11-12,15,17H2,1-10H3,(H,31,32)/t18?,20-/m0/s1. The van der Waals surface area contributed by atoms with Crippen LogP contribution in [0.3, 0.4) is 0 Å². The number of esters is 2. The van der Waals surface area contributed by atoms with Crippen molar-refractivity contribution in [1.82, 2.24) is 5.32 Å². The fourth-order valence-corrected chi connectivity index (χ4v) is 2.88. The van der Waals surface area contributed by atoms with Crippen LogP contribution in [0.1, 0.15) is 87.6 Å². The summed E-state index contributed by atoms with van der Waals surface area (Å²) in [5.74, 6) is -2.00. The SMILES string of the molecule is CCC(C)(C)C(=O)Oc1ccc(C[C@H](NCC(C)OC(=O)OC(C)(C)C)C(=O)O)cc1OC(=O)C(C)(C)CC. The quantitative estimate of drug-likeness (QED) is 0.245. The first kappa shape index (κ1) is 33.9. The van der Waals surface area contributed by atoms with Crippen molar-refractivity contribution < 1.29 is 43.2 Å². The molecule has 0 saturated heterocycles. The fourth-order valence-electron chi connectivity index (χ4n) is 2.88. The van der Waals surface area contributed by atoms with Crippen LogP contribution in [-0.2, 0) is 30.3 Å². The predicted octanol–water partition coefficient (Wildman–Crippen LogP) is 5.30. The molecule has 2 N–H and O–H groups in total. The highest BCUT2D eigenvalue weighted by Gasteiger charge is 2.32. The first-order chi connectivity index (χ1) is 17.8. The third-order valence-corrected chi connectivity index (χ3v) is 6.36. The number of nitrogens with one attached hydrogen (secondary N) is 1. The van der Waals surface area contributed by atoms with Crippen molar-refractivity contribution in [2.24, 2.45) is 10.8 Å². The molecule has 0 bridgehead atoms. The number of ether oxygens (including phenoxy) is 4. The van der Waals surface area contributed by atoms with E-state index in [0.29, 0.717) is 18.4 Å². The normalized spacial score (nSPS) is 13.7. The molecule has 0 saturated carbocycles. The Balaban J connectivity index is 3.13. The highest BCUT2D eigenvalue weighted by Crippen LogP contribution is 2.34. The molecule has 10 heteroatoms. The summed E-state index contributed by atoms with van der Waals surface area (Å²) in [6, 6.07) is 3.57. The van der Waals surface area contributed by atoms with E-state index in [2.05, 4.69) is 5.32 Å². The number of hydrogen-bond acceptors (Lipinski definition) is 9. The van der Waals surface area contributed by atoms with E-state index in [-0.39, 0.29) is 24.5 Å². The van der Waals surface area contributed by atoms with Crippen LogP contribution in [0.15, 0.2) is 18.2 Å². The molecule has 2 atom stereocenters. The van der Waals surface area contributed by atoms with E-state index < -0.39 is 52.6 Å². The van der Waals surface area contributed by atoms with Gasteiger partial charge in [-0.2, -0.15) is 0 Å². The minimum Gasteiger partial charge on any atom is -0.480 e. The van der Waals surface area contributed by atoms with E-state index in [1.807, 2.05) is 13.8 Å². The summed E-state index contributed by atoms with van der Waals surface area (Å²) in [5, 5.41) is 12.7. The third kappa shape index (κ3) is 11.2. The van der Waals surface area contributed by atoms with E-state index in [4.69, 9.17) is 18.9 Å². The van der Waals surface area contributed by atoms with Crippen LogP contribution in [-0.4, -0.2) is 53.5 Å². The minimum atomic E-state index is -1.12. The molecule has 0 spiro atoms. The van der Waals surface area contributed by atoms with Crippen molar-refractivity contribution in [3.63, 3.8) is 0 Å². The van der Waals surface area contributed by atoms with Crippen LogP contribution in [0.4, 0.5) is 4.79 Å². The van der Waals surface area contributed by atoms with Crippen LogP contribution in [0, 0.1) is 10.8 Å². The van der Waals surface area contributed by atoms with Crippen molar-refractivity contribution in [2.75, 3.05) is 6.54 Å². The third-order valence-electron chi connectivity index (χ3n) is 6.36. The van der Waals surface area contributed by atoms with Crippen LogP contribution >= 0.6 is 0 Å². The van der Waals surface area contributed by atoms with Gasteiger partial charge in [-0.1, -0.05) is 19.9 Å². The molecular weight excluding hydrogens is 506 g/mol. The lowest BCUT2D eigenvalue weighted by atomic mass is 9.90. The van der Waals surface area contributed by atoms with Gasteiger partial charge < -0.3 is 29.4 Å². The lowest BCUT2D eigenvalue weighted by Crippen LogP contribution is -2.43. The van der Waals surface area contributed by atoms with E-state index in [0.717, 1.165) is 0 Å². The summed E-state index contributed by atoms with van der Waals surface area (Å²) in [6.45, 7) is 17.5. The number of hydrogen-bond donors (Lipinski definition) is 2. The second-order valence-corrected chi connectivity index (χ2v) is 11.9. The number of carbonyl (C=O) groups excluding carboxylic acids is 3. The smallest absolute Gasteiger partial charge is 0.480 e. The number of carboxylic acids is 1. The maximum absolute atomic E-state index is 12.8. The maximum Gasteiger partial charge on any atom is 0.509 e. The maximum atomic E-state index is 12.8. The lowest BCUT2D eigenvalue weighted by Gasteiger charge is -2.24. The Morgan fingerprint density at radius 3 is 1.85 bits per heavy atom. The number of carbonyl (C=O) groups is 4. The highest BCUT2D eigenvalue weighted by molar-refractivity contribution is 5.81. The topological polar surface area (TPSA) is 137 Å². The first-order valence-corrected chi connectivity index (χ1v) is 13.2. The zero-order chi connectivity index (χ0) is 30.2. The van der Waals surface area contributed by atoms with Gasteiger partial charge in [-0.3, -0.25) is 14.4 Å². The van der Waals surface area contributed by atoms with E-state index in [9.17, 15) is 24.3 Å². The number of aliphatic carboxylic acids is 1. The highest BCUT2D eigenvalue weighted by atomic mass is 16.7. The molecule has 0 amide bonds. The molecule has 1 aromatic rings. The van der Waals surface area contributed by atoms with Crippen molar-refractivity contribution in [1.29, 1.82) is 0 Å². The van der Waals surface area contributed by atoms with Gasteiger partial charge in [0.2, 0.25) is 0 Å². The second kappa shape index (κ2) is 13.8. The van der Waals surface area contributed by atoms with Gasteiger partial charge in [0.1, 0.15) is 17.7 Å². The molecular formula is C29H45NO9. The van der Waals surface area contributed by atoms with Crippen LogP contribution < -0.4 is 14.8 Å². The van der Waals surface area contributed by atoms with E-state index >= 15 is 0 Å². The van der Waals surface area contributed by atoms with Gasteiger partial charge in [0, 0.05) is 6.54 Å². The van der Waals surface area contributed by atoms with Crippen molar-refractivity contribution in [3.05, 3.63) is 23.8 Å². The monoisotopic (exact) mass is 551 g/mol. The molecule has 0 radical (unpaired) electrons. The van der Waals surface area contributed by atoms with Crippen molar-refractivity contribution in [3.8, 4) is 11.5 Å². The molecule has 0 aliphatic rings. The zero-order valence-corrected chi connectivity index (χ0v) is 24.9. The molecule has 39 heavy (non-hydrogen) atoms. The average Bonchev–Trinajstić information content (AvgIpc) is 2.81. The Kier molecular flexibility index (Phi) is 12.0. The van der Waals surface area contributed by atoms with Gasteiger partial charge in [0.15, 0.2) is 11.5 Å². The van der Waals surface area contributed by atoms with Gasteiger partial charge in [-0.05, 0) is 92.3 Å². The van der Waals surface area contributed by atoms with E-state index in [1.54, 1.807) is 61.5 Å². The summed E-state index contributed by atoms with van der Waals surface area (Å²) in [6.07, 6.45) is -0.410. The van der Waals surface area contributed by atoms with Crippen LogP contribution in [0.5, 0.6) is 11.5 Å². The van der Waals surface area contributed by atoms with Gasteiger partial charge in [-0.15, -0.1) is 0 Å². The van der Waals surface area contributed by atoms with Crippen molar-refractivity contribution in [2.45, 2.75) is 106 Å². The second-order valence-electron chi connectivity index (χ2n) is 11.9. The number of carboxylic acid groups (broad SMARTS) is 1. The molecule has 220 valence electrons. The zero-order valence-electron chi connectivity index (χ0n) is 24.9. The Morgan fingerprint density at radius 2 is 1.38 bits per heavy atom. The summed E-state index contributed by atoms with van der Waals surface area (Å²) in [4.78, 5) is 49.4. The Hall–Kier alpha value is -3.14. The Morgan fingerprint density at radius 1 is 0.872 bits per heavy atom. The van der Waals surface area contributed by atoms with Gasteiger partial charge >= 0.3 is 24.1 Å². The van der Waals surface area contributed by atoms with E-state index in [1.165, 1.54) is 12.1 Å². The van der Waals surface area contributed by atoms with Crippen LogP contribution in [0.25, 0.3) is 0 Å². The summed E-state index contributed by atoms with van der Waals surface area (Å²) in [7, 11) is 0. The summed E-state index contributed by atoms with van der Waals surface area (Å²) in [5.41, 5.74) is -1.72. The Labute approximate surface area is 231 Å². The Bertz CT molecular complexity index is 1020. The molecule has 0 aliphatic heterocycles. The number of rotatable bonds is 13. The van der Waals surface area contributed by atoms with Gasteiger partial charge in [-0.25, -0.2) is 4.79 Å². The molecule has 0 aromatic heterocycles. The molecule has 10 nitrogen and oxygen atoms in total. The number of benzene rings is 1. The summed E-state index contributed by atoms with van der Waals surface area (Å²) >= 11 is 0. The molecule has 0 aliphatic carbocycles. The molecule has 1 unspecified atom stereocenters. The van der Waals surface area contributed by atoms with Gasteiger partial charge in [0.05, 0.1) is 10.8 Å². The summed E-state index contributed by atoms with van der Waals surface area (Å²) < 4.78 is 21.6. The largest absolute Gasteiger partial charge is 0.509 e. The minimum absolute atomic E-state index is 0.0187.